The van der Waals surface area contributed by atoms with Crippen LogP contribution >= 0.6 is 0 Å². The van der Waals surface area contributed by atoms with Crippen molar-refractivity contribution < 1.29 is 8.42 Å². The summed E-state index contributed by atoms with van der Waals surface area (Å²) < 4.78 is 26.1. The Morgan fingerprint density at radius 2 is 2.17 bits per heavy atom. The van der Waals surface area contributed by atoms with Gasteiger partial charge < -0.3 is 0 Å². The van der Waals surface area contributed by atoms with Crippen LogP contribution in [0.4, 0.5) is 0 Å². The lowest BCUT2D eigenvalue weighted by atomic mass is 10.5. The Labute approximate surface area is 71.4 Å². The molecule has 1 aromatic rings. The molecule has 0 spiro atoms. The molecule has 0 aliphatic rings. The molecule has 1 rings (SSSR count). The maximum Gasteiger partial charge on any atom is 0.259 e. The van der Waals surface area contributed by atoms with Crippen LogP contribution in [0.5, 0.6) is 0 Å². The number of nitrogens with one attached hydrogen (secondary N) is 1. The van der Waals surface area contributed by atoms with Gasteiger partial charge in [-0.15, -0.1) is 0 Å². The van der Waals surface area contributed by atoms with Crippen molar-refractivity contribution in [3.8, 4) is 0 Å². The van der Waals surface area contributed by atoms with Crippen LogP contribution in [-0.4, -0.2) is 25.2 Å². The summed E-state index contributed by atoms with van der Waals surface area (Å²) >= 11 is 0. The van der Waals surface area contributed by atoms with Gasteiger partial charge in [0.25, 0.3) is 10.0 Å². The number of hydrogen-bond donors (Lipinski definition) is 1. The first kappa shape index (κ1) is 9.21. The lowest BCUT2D eigenvalue weighted by molar-refractivity contribution is 0.580. The summed E-state index contributed by atoms with van der Waals surface area (Å²) in [5, 5.41) is 3.88. The zero-order valence-corrected chi connectivity index (χ0v) is 8.01. The van der Waals surface area contributed by atoms with Gasteiger partial charge >= 0.3 is 0 Å². The summed E-state index contributed by atoms with van der Waals surface area (Å²) in [6.07, 6.45) is 0. The molecule has 12 heavy (non-hydrogen) atoms. The second-order valence-electron chi connectivity index (χ2n) is 2.46. The van der Waals surface area contributed by atoms with Gasteiger partial charge in [-0.25, -0.2) is 13.1 Å². The molecule has 0 aromatic carbocycles. The van der Waals surface area contributed by atoms with E-state index in [1.165, 1.54) is 17.8 Å². The number of hydrogen-bond acceptors (Lipinski definition) is 3. The molecule has 1 N–H and O–H groups in total. The second kappa shape index (κ2) is 2.87. The molecular weight excluding hydrogens is 178 g/mol. The lowest BCUT2D eigenvalue weighted by Crippen LogP contribution is -2.19. The van der Waals surface area contributed by atoms with Crippen molar-refractivity contribution in [3.63, 3.8) is 0 Å². The number of sulfonamides is 1. The predicted octanol–water partition coefficient (Wildman–Crippen LogP) is -0.363. The highest BCUT2D eigenvalue weighted by atomic mass is 32.2. The molecule has 1 heterocycles. The number of aryl methyl sites for hydroxylation is 2. The van der Waals surface area contributed by atoms with Gasteiger partial charge in [-0.3, -0.25) is 4.68 Å². The van der Waals surface area contributed by atoms with Gasteiger partial charge in [0.2, 0.25) is 0 Å². The highest BCUT2D eigenvalue weighted by Crippen LogP contribution is 2.06. The molecule has 0 fully saturated rings. The van der Waals surface area contributed by atoms with Gasteiger partial charge in [-0.05, 0) is 20.0 Å². The fourth-order valence-corrected chi connectivity index (χ4v) is 1.53. The standard InChI is InChI=1S/C6H11N3O2S/c1-5-4-6(8-9(5)3)12(10,11)7-2/h4,7H,1-3H3. The van der Waals surface area contributed by atoms with Crippen molar-refractivity contribution in [2.45, 2.75) is 11.9 Å². The maximum atomic E-state index is 11.2. The predicted molar refractivity (Wildman–Crippen MR) is 44.2 cm³/mol. The molecule has 0 aliphatic carbocycles. The Bertz CT molecular complexity index is 360. The van der Waals surface area contributed by atoms with Crippen LogP contribution in [0.15, 0.2) is 11.1 Å². The summed E-state index contributed by atoms with van der Waals surface area (Å²) in [4.78, 5) is 0. The van der Waals surface area contributed by atoms with Crippen molar-refractivity contribution in [1.29, 1.82) is 0 Å². The first-order valence-corrected chi connectivity index (χ1v) is 4.90. The van der Waals surface area contributed by atoms with Gasteiger partial charge in [-0.1, -0.05) is 0 Å². The molecule has 0 bridgehead atoms. The van der Waals surface area contributed by atoms with Crippen LogP contribution in [0.2, 0.25) is 0 Å². The highest BCUT2D eigenvalue weighted by Gasteiger charge is 2.15. The van der Waals surface area contributed by atoms with Crippen molar-refractivity contribution in [1.82, 2.24) is 14.5 Å². The minimum absolute atomic E-state index is 0.0602. The molecule has 0 unspecified atom stereocenters. The Balaban J connectivity index is 3.22. The third-order valence-electron chi connectivity index (χ3n) is 1.64. The van der Waals surface area contributed by atoms with Crippen molar-refractivity contribution >= 4 is 10.0 Å². The maximum absolute atomic E-state index is 11.2. The summed E-state index contributed by atoms with van der Waals surface area (Å²) in [6, 6.07) is 1.52. The molecule has 0 saturated heterocycles. The van der Waals surface area contributed by atoms with Crippen LogP contribution in [0.25, 0.3) is 0 Å². The van der Waals surface area contributed by atoms with E-state index in [0.29, 0.717) is 0 Å². The Morgan fingerprint density at radius 3 is 2.50 bits per heavy atom. The average molecular weight is 189 g/mol. The quantitative estimate of drug-likeness (QED) is 0.690. The van der Waals surface area contributed by atoms with Crippen LogP contribution in [0.3, 0.4) is 0 Å². The van der Waals surface area contributed by atoms with Crippen molar-refractivity contribution in [2.24, 2.45) is 7.05 Å². The fraction of sp³-hybridized carbons (Fsp3) is 0.500. The van der Waals surface area contributed by atoms with E-state index in [4.69, 9.17) is 0 Å². The first-order valence-electron chi connectivity index (χ1n) is 3.41. The molecule has 0 atom stereocenters. The molecule has 0 saturated carbocycles. The fourth-order valence-electron chi connectivity index (χ4n) is 0.764. The van der Waals surface area contributed by atoms with Crippen molar-refractivity contribution in [3.05, 3.63) is 11.8 Å². The normalized spacial score (nSPS) is 11.9. The minimum Gasteiger partial charge on any atom is -0.272 e. The van der Waals surface area contributed by atoms with E-state index in [9.17, 15) is 8.42 Å². The second-order valence-corrected chi connectivity index (χ2v) is 4.29. The summed E-state index contributed by atoms with van der Waals surface area (Å²) in [7, 11) is -0.323. The van der Waals surface area contributed by atoms with Crippen LogP contribution in [0, 0.1) is 6.92 Å². The lowest BCUT2D eigenvalue weighted by Gasteiger charge is -1.94. The number of nitrogens with zero attached hydrogens (tertiary/aromatic N) is 2. The van der Waals surface area contributed by atoms with E-state index in [1.807, 2.05) is 0 Å². The topological polar surface area (TPSA) is 64.0 Å². The third kappa shape index (κ3) is 1.49. The van der Waals surface area contributed by atoms with E-state index >= 15 is 0 Å². The smallest absolute Gasteiger partial charge is 0.259 e. The Hall–Kier alpha value is -0.880. The largest absolute Gasteiger partial charge is 0.272 e. The van der Waals surface area contributed by atoms with Gasteiger partial charge in [0.1, 0.15) is 0 Å². The summed E-state index contributed by atoms with van der Waals surface area (Å²) in [6.45, 7) is 1.79. The van der Waals surface area contributed by atoms with Gasteiger partial charge in [0.15, 0.2) is 5.03 Å². The van der Waals surface area contributed by atoms with Crippen LogP contribution in [0.1, 0.15) is 5.69 Å². The van der Waals surface area contributed by atoms with Crippen LogP contribution < -0.4 is 4.72 Å². The summed E-state index contributed by atoms with van der Waals surface area (Å²) in [5.74, 6) is 0. The Kier molecular flexibility index (Phi) is 2.20. The zero-order valence-electron chi connectivity index (χ0n) is 7.20. The number of rotatable bonds is 2. The molecule has 0 aliphatic heterocycles. The van der Waals surface area contributed by atoms with Gasteiger partial charge in [0.05, 0.1) is 0 Å². The molecular formula is C6H11N3O2S. The minimum atomic E-state index is -3.38. The van der Waals surface area contributed by atoms with Crippen LogP contribution in [-0.2, 0) is 17.1 Å². The highest BCUT2D eigenvalue weighted by molar-refractivity contribution is 7.89. The molecule has 6 heteroatoms. The third-order valence-corrected chi connectivity index (χ3v) is 2.92. The van der Waals surface area contributed by atoms with E-state index in [2.05, 4.69) is 9.82 Å². The molecule has 0 amide bonds. The van der Waals surface area contributed by atoms with Gasteiger partial charge in [-0.2, -0.15) is 5.10 Å². The molecule has 1 aromatic heterocycles. The summed E-state index contributed by atoms with van der Waals surface area (Å²) in [5.41, 5.74) is 0.809. The molecule has 5 nitrogen and oxygen atoms in total. The van der Waals surface area contributed by atoms with E-state index in [-0.39, 0.29) is 5.03 Å². The number of aromatic nitrogens is 2. The van der Waals surface area contributed by atoms with Gasteiger partial charge in [0, 0.05) is 12.7 Å². The molecule has 0 radical (unpaired) electrons. The average Bonchev–Trinajstić information content (AvgIpc) is 2.33. The Morgan fingerprint density at radius 1 is 1.58 bits per heavy atom. The van der Waals surface area contributed by atoms with E-state index in [0.717, 1.165) is 5.69 Å². The SMILES string of the molecule is CNS(=O)(=O)c1cc(C)n(C)n1. The van der Waals surface area contributed by atoms with E-state index in [1.54, 1.807) is 14.0 Å². The van der Waals surface area contributed by atoms with E-state index < -0.39 is 10.0 Å². The zero-order chi connectivity index (χ0) is 9.35. The molecule has 68 valence electrons. The monoisotopic (exact) mass is 189 g/mol. The van der Waals surface area contributed by atoms with Crippen molar-refractivity contribution in [2.75, 3.05) is 7.05 Å². The first-order chi connectivity index (χ1) is 5.47.